The zero-order valence-electron chi connectivity index (χ0n) is 13.3. The van der Waals surface area contributed by atoms with Crippen molar-refractivity contribution in [2.24, 2.45) is 11.1 Å². The number of likely N-dealkylation sites (N-methyl/N-ethyl adjacent to an activating group) is 1. The predicted molar refractivity (Wildman–Crippen MR) is 79.9 cm³/mol. The molecule has 1 aliphatic rings. The first-order valence-electron chi connectivity index (χ1n) is 7.55. The van der Waals surface area contributed by atoms with Crippen molar-refractivity contribution in [3.8, 4) is 0 Å². The number of nitrogens with zero attached hydrogens (tertiary/aromatic N) is 1. The van der Waals surface area contributed by atoms with Crippen LogP contribution in [-0.2, 0) is 4.79 Å². The summed E-state index contributed by atoms with van der Waals surface area (Å²) in [6.07, 6.45) is 4.52. The summed E-state index contributed by atoms with van der Waals surface area (Å²) in [6.45, 7) is 11.0. The molecular formula is C15H31N3O. The third-order valence-electron chi connectivity index (χ3n) is 5.39. The molecule has 4 heteroatoms. The molecule has 0 aromatic carbocycles. The Kier molecular flexibility index (Phi) is 5.39. The Bertz CT molecular complexity index is 315. The summed E-state index contributed by atoms with van der Waals surface area (Å²) < 4.78 is 0. The van der Waals surface area contributed by atoms with Crippen LogP contribution in [0.15, 0.2) is 0 Å². The van der Waals surface area contributed by atoms with E-state index in [2.05, 4.69) is 31.0 Å². The Hall–Kier alpha value is -0.610. The van der Waals surface area contributed by atoms with Crippen LogP contribution in [0.5, 0.6) is 0 Å². The van der Waals surface area contributed by atoms with E-state index in [9.17, 15) is 4.79 Å². The Balaban J connectivity index is 2.65. The highest BCUT2D eigenvalue weighted by atomic mass is 16.1. The highest BCUT2D eigenvalue weighted by Gasteiger charge is 2.39. The van der Waals surface area contributed by atoms with Crippen LogP contribution >= 0.6 is 0 Å². The first-order chi connectivity index (χ1) is 8.82. The Morgan fingerprint density at radius 2 is 2.05 bits per heavy atom. The van der Waals surface area contributed by atoms with Crippen molar-refractivity contribution in [1.29, 1.82) is 0 Å². The minimum absolute atomic E-state index is 0.265. The number of amides is 1. The highest BCUT2D eigenvalue weighted by molar-refractivity contribution is 5.84. The maximum atomic E-state index is 11.6. The largest absolute Gasteiger partial charge is 0.368 e. The fourth-order valence-electron chi connectivity index (χ4n) is 3.22. The summed E-state index contributed by atoms with van der Waals surface area (Å²) in [7, 11) is 1.81. The molecule has 2 atom stereocenters. The van der Waals surface area contributed by atoms with Crippen molar-refractivity contribution in [2.75, 3.05) is 20.1 Å². The van der Waals surface area contributed by atoms with Gasteiger partial charge in [0.1, 0.15) is 0 Å². The van der Waals surface area contributed by atoms with Crippen LogP contribution in [0.4, 0.5) is 0 Å². The standard InChI is InChI=1S/C15H31N3O/c1-6-15(7-2)8-9-18(11-15)12(3)10-14(4,17-5)13(16)19/h12,17H,6-11H2,1-5H3,(H2,16,19). The topological polar surface area (TPSA) is 58.4 Å². The summed E-state index contributed by atoms with van der Waals surface area (Å²) >= 11 is 0. The number of hydrogen-bond donors (Lipinski definition) is 2. The van der Waals surface area contributed by atoms with E-state index in [4.69, 9.17) is 5.73 Å². The smallest absolute Gasteiger partial charge is 0.237 e. The second-order valence-electron chi connectivity index (χ2n) is 6.43. The molecule has 1 saturated heterocycles. The maximum absolute atomic E-state index is 11.6. The van der Waals surface area contributed by atoms with E-state index < -0.39 is 5.54 Å². The number of nitrogens with one attached hydrogen (secondary N) is 1. The number of primary amides is 1. The first-order valence-corrected chi connectivity index (χ1v) is 7.55. The van der Waals surface area contributed by atoms with Crippen molar-refractivity contribution in [3.05, 3.63) is 0 Å². The third kappa shape index (κ3) is 3.48. The number of carbonyl (C=O) groups excluding carboxylic acids is 1. The lowest BCUT2D eigenvalue weighted by molar-refractivity contribution is -0.124. The van der Waals surface area contributed by atoms with Gasteiger partial charge in [-0.2, -0.15) is 0 Å². The van der Waals surface area contributed by atoms with Crippen molar-refractivity contribution < 1.29 is 4.79 Å². The molecule has 112 valence electrons. The van der Waals surface area contributed by atoms with Crippen LogP contribution in [0.3, 0.4) is 0 Å². The third-order valence-corrected chi connectivity index (χ3v) is 5.39. The summed E-state index contributed by atoms with van der Waals surface area (Å²) in [6, 6.07) is 0.380. The second kappa shape index (κ2) is 6.23. The van der Waals surface area contributed by atoms with E-state index >= 15 is 0 Å². The molecule has 1 aliphatic heterocycles. The van der Waals surface area contributed by atoms with Gasteiger partial charge in [-0.15, -0.1) is 0 Å². The molecular weight excluding hydrogens is 238 g/mol. The number of nitrogens with two attached hydrogens (primary N) is 1. The van der Waals surface area contributed by atoms with E-state index in [-0.39, 0.29) is 5.91 Å². The molecule has 2 unspecified atom stereocenters. The lowest BCUT2D eigenvalue weighted by atomic mass is 9.82. The van der Waals surface area contributed by atoms with Gasteiger partial charge in [-0.1, -0.05) is 13.8 Å². The van der Waals surface area contributed by atoms with Crippen LogP contribution in [0, 0.1) is 5.41 Å². The molecule has 19 heavy (non-hydrogen) atoms. The van der Waals surface area contributed by atoms with Crippen LogP contribution in [0.1, 0.15) is 53.4 Å². The molecule has 3 N–H and O–H groups in total. The van der Waals surface area contributed by atoms with Gasteiger partial charge in [0.2, 0.25) is 5.91 Å². The zero-order valence-corrected chi connectivity index (χ0v) is 13.3. The molecule has 1 heterocycles. The van der Waals surface area contributed by atoms with Gasteiger partial charge in [0.15, 0.2) is 0 Å². The van der Waals surface area contributed by atoms with E-state index in [0.29, 0.717) is 11.5 Å². The second-order valence-corrected chi connectivity index (χ2v) is 6.43. The molecule has 0 aromatic heterocycles. The van der Waals surface area contributed by atoms with Crippen LogP contribution in [0.25, 0.3) is 0 Å². The van der Waals surface area contributed by atoms with Crippen LogP contribution in [0.2, 0.25) is 0 Å². The summed E-state index contributed by atoms with van der Waals surface area (Å²) in [5.74, 6) is -0.265. The molecule has 1 amide bonds. The fourth-order valence-corrected chi connectivity index (χ4v) is 3.22. The number of likely N-dealkylation sites (tertiary alicyclic amines) is 1. The van der Waals surface area contributed by atoms with Crippen molar-refractivity contribution >= 4 is 5.91 Å². The number of hydrogen-bond acceptors (Lipinski definition) is 3. The molecule has 0 bridgehead atoms. The minimum atomic E-state index is -0.608. The number of rotatable bonds is 7. The molecule has 0 saturated carbocycles. The van der Waals surface area contributed by atoms with Crippen molar-refractivity contribution in [2.45, 2.75) is 65.0 Å². The van der Waals surface area contributed by atoms with Gasteiger partial charge >= 0.3 is 0 Å². The van der Waals surface area contributed by atoms with E-state index in [1.165, 1.54) is 19.3 Å². The Morgan fingerprint density at radius 1 is 1.47 bits per heavy atom. The molecule has 0 spiro atoms. The summed E-state index contributed by atoms with van der Waals surface area (Å²) in [5.41, 5.74) is 5.39. The SMILES string of the molecule is CCC1(CC)CCN(C(C)CC(C)(NC)C(N)=O)C1. The average Bonchev–Trinajstić information content (AvgIpc) is 2.83. The Morgan fingerprint density at radius 3 is 2.42 bits per heavy atom. The van der Waals surface area contributed by atoms with Gasteiger partial charge in [0.25, 0.3) is 0 Å². The predicted octanol–water partition coefficient (Wildman–Crippen LogP) is 1.74. The van der Waals surface area contributed by atoms with Crippen molar-refractivity contribution in [3.63, 3.8) is 0 Å². The lowest BCUT2D eigenvalue weighted by Gasteiger charge is -2.34. The molecule has 4 nitrogen and oxygen atoms in total. The Labute approximate surface area is 118 Å². The van der Waals surface area contributed by atoms with Gasteiger partial charge < -0.3 is 16.0 Å². The van der Waals surface area contributed by atoms with Gasteiger partial charge in [-0.3, -0.25) is 4.79 Å². The first kappa shape index (κ1) is 16.4. The van der Waals surface area contributed by atoms with E-state index in [1.54, 1.807) is 0 Å². The van der Waals surface area contributed by atoms with Gasteiger partial charge in [-0.25, -0.2) is 0 Å². The van der Waals surface area contributed by atoms with Gasteiger partial charge in [-0.05, 0) is 58.5 Å². The van der Waals surface area contributed by atoms with Gasteiger partial charge in [0, 0.05) is 12.6 Å². The zero-order chi connectivity index (χ0) is 14.7. The lowest BCUT2D eigenvalue weighted by Crippen LogP contribution is -2.55. The maximum Gasteiger partial charge on any atom is 0.237 e. The molecule has 0 aliphatic carbocycles. The van der Waals surface area contributed by atoms with Gasteiger partial charge in [0.05, 0.1) is 5.54 Å². The molecule has 0 aromatic rings. The number of carbonyl (C=O) groups is 1. The molecule has 0 radical (unpaired) electrons. The van der Waals surface area contributed by atoms with Crippen LogP contribution < -0.4 is 11.1 Å². The monoisotopic (exact) mass is 269 g/mol. The van der Waals surface area contributed by atoms with E-state index in [1.807, 2.05) is 14.0 Å². The minimum Gasteiger partial charge on any atom is -0.368 e. The molecule has 1 fully saturated rings. The summed E-state index contributed by atoms with van der Waals surface area (Å²) in [5, 5.41) is 3.08. The van der Waals surface area contributed by atoms with Crippen LogP contribution in [-0.4, -0.2) is 42.5 Å². The van der Waals surface area contributed by atoms with E-state index in [0.717, 1.165) is 19.5 Å². The normalized spacial score (nSPS) is 24.1. The summed E-state index contributed by atoms with van der Waals surface area (Å²) in [4.78, 5) is 14.1. The average molecular weight is 269 g/mol. The van der Waals surface area contributed by atoms with Crippen molar-refractivity contribution in [1.82, 2.24) is 10.2 Å². The fraction of sp³-hybridized carbons (Fsp3) is 0.933. The highest BCUT2D eigenvalue weighted by Crippen LogP contribution is 2.38. The molecule has 1 rings (SSSR count). The quantitative estimate of drug-likeness (QED) is 0.740.